The van der Waals surface area contributed by atoms with Crippen LogP contribution >= 0.6 is 15.9 Å². The third kappa shape index (κ3) is 3.87. The van der Waals surface area contributed by atoms with Gasteiger partial charge in [0.2, 0.25) is 11.8 Å². The Hall–Kier alpha value is -1.36. The number of alkyl halides is 1. The van der Waals surface area contributed by atoms with E-state index < -0.39 is 0 Å². The normalized spacial score (nSPS) is 33.0. The topological polar surface area (TPSA) is 49.4 Å². The maximum Gasteiger partial charge on any atom is 0.243 e. The number of halogens is 1. The van der Waals surface area contributed by atoms with E-state index >= 15 is 0 Å². The number of nitrogens with one attached hydrogen (secondary N) is 1. The molecule has 4 aliphatic rings. The van der Waals surface area contributed by atoms with Gasteiger partial charge in [0, 0.05) is 23.5 Å². The Balaban J connectivity index is 1.37. The van der Waals surface area contributed by atoms with Gasteiger partial charge in [-0.1, -0.05) is 34.1 Å². The smallest absolute Gasteiger partial charge is 0.243 e. The maximum atomic E-state index is 13.0. The fourth-order valence-corrected chi connectivity index (χ4v) is 8.00. The van der Waals surface area contributed by atoms with Crippen LogP contribution in [0.15, 0.2) is 18.2 Å². The fourth-order valence-electron chi connectivity index (χ4n) is 6.49. The van der Waals surface area contributed by atoms with Crippen molar-refractivity contribution in [3.63, 3.8) is 0 Å². The van der Waals surface area contributed by atoms with Crippen molar-refractivity contribution in [1.29, 1.82) is 0 Å². The van der Waals surface area contributed by atoms with Crippen LogP contribution in [0.5, 0.6) is 0 Å². The molecule has 4 fully saturated rings. The van der Waals surface area contributed by atoms with Gasteiger partial charge >= 0.3 is 0 Å². The minimum absolute atomic E-state index is 0.106. The molecule has 0 radical (unpaired) electrons. The van der Waals surface area contributed by atoms with Gasteiger partial charge in [-0.25, -0.2) is 0 Å². The van der Waals surface area contributed by atoms with Crippen molar-refractivity contribution in [3.05, 3.63) is 29.3 Å². The Bertz CT molecular complexity index is 772. The van der Waals surface area contributed by atoms with Crippen molar-refractivity contribution >= 4 is 33.4 Å². The number of benzene rings is 1. The number of hydrogen-bond acceptors (Lipinski definition) is 2. The molecule has 4 nitrogen and oxygen atoms in total. The Morgan fingerprint density at radius 2 is 1.75 bits per heavy atom. The van der Waals surface area contributed by atoms with Gasteiger partial charge in [-0.3, -0.25) is 9.59 Å². The van der Waals surface area contributed by atoms with E-state index in [1.165, 1.54) is 32.1 Å². The molecule has 0 spiro atoms. The van der Waals surface area contributed by atoms with Crippen LogP contribution in [0.3, 0.4) is 0 Å². The molecule has 5 rings (SSSR count). The number of nitrogens with zero attached hydrogens (tertiary/aromatic N) is 1. The van der Waals surface area contributed by atoms with Crippen molar-refractivity contribution in [2.24, 2.45) is 17.3 Å². The number of amides is 2. The summed E-state index contributed by atoms with van der Waals surface area (Å²) < 4.78 is 0.260. The minimum Gasteiger partial charge on any atom is -0.336 e. The Labute approximate surface area is 176 Å². The number of carbonyl (C=O) groups is 2. The number of anilines is 1. The van der Waals surface area contributed by atoms with Crippen molar-refractivity contribution in [3.8, 4) is 0 Å². The molecule has 152 valence electrons. The third-order valence-corrected chi connectivity index (χ3v) is 8.12. The zero-order valence-electron chi connectivity index (χ0n) is 17.2. The minimum atomic E-state index is -0.129. The molecule has 4 saturated carbocycles. The summed E-state index contributed by atoms with van der Waals surface area (Å²) in [5.41, 5.74) is 3.08. The summed E-state index contributed by atoms with van der Waals surface area (Å²) in [6, 6.07) is 5.96. The van der Waals surface area contributed by atoms with Crippen molar-refractivity contribution in [1.82, 2.24) is 4.90 Å². The molecule has 2 atom stereocenters. The zero-order chi connectivity index (χ0) is 20.1. The summed E-state index contributed by atoms with van der Waals surface area (Å²) in [4.78, 5) is 27.1. The third-order valence-electron chi connectivity index (χ3n) is 7.19. The summed E-state index contributed by atoms with van der Waals surface area (Å²) in [5.74, 6) is 1.52. The molecule has 1 N–H and O–H groups in total. The lowest BCUT2D eigenvalue weighted by Gasteiger charge is -2.60. The zero-order valence-corrected chi connectivity index (χ0v) is 18.8. The number of rotatable bonds is 5. The first-order valence-electron chi connectivity index (χ1n) is 10.5. The van der Waals surface area contributed by atoms with Gasteiger partial charge < -0.3 is 10.2 Å². The first kappa shape index (κ1) is 19.9. The van der Waals surface area contributed by atoms with Crippen molar-refractivity contribution < 1.29 is 9.59 Å². The predicted octanol–water partition coefficient (Wildman–Crippen LogP) is 4.82. The molecule has 4 bridgehead atoms. The van der Waals surface area contributed by atoms with Crippen LogP contribution in [0.4, 0.5) is 5.69 Å². The predicted molar refractivity (Wildman–Crippen MR) is 116 cm³/mol. The van der Waals surface area contributed by atoms with E-state index in [2.05, 4.69) is 21.2 Å². The number of likely N-dealkylation sites (N-methyl/N-ethyl adjacent to an activating group) is 1. The van der Waals surface area contributed by atoms with Crippen LogP contribution in [0.25, 0.3) is 0 Å². The number of para-hydroxylation sites is 1. The quantitative estimate of drug-likeness (QED) is 0.658. The summed E-state index contributed by atoms with van der Waals surface area (Å²) in [5, 5.41) is 2.99. The van der Waals surface area contributed by atoms with E-state index in [4.69, 9.17) is 0 Å². The monoisotopic (exact) mass is 446 g/mol. The molecule has 0 aromatic heterocycles. The summed E-state index contributed by atoms with van der Waals surface area (Å²) in [7, 11) is 1.76. The van der Waals surface area contributed by atoms with Crippen LogP contribution in [-0.4, -0.2) is 34.6 Å². The highest BCUT2D eigenvalue weighted by Crippen LogP contribution is 2.65. The summed E-state index contributed by atoms with van der Waals surface area (Å²) in [6.07, 6.45) is 7.95. The molecule has 0 saturated heterocycles. The lowest BCUT2D eigenvalue weighted by molar-refractivity contribution is -0.139. The van der Waals surface area contributed by atoms with Gasteiger partial charge in [0.25, 0.3) is 0 Å². The number of aryl methyl sites for hydroxylation is 2. The molecule has 1 aromatic rings. The summed E-state index contributed by atoms with van der Waals surface area (Å²) >= 11 is 4.02. The second-order valence-corrected chi connectivity index (χ2v) is 11.5. The van der Waals surface area contributed by atoms with Gasteiger partial charge in [0.05, 0.1) is 6.54 Å². The Morgan fingerprint density at radius 3 is 2.32 bits per heavy atom. The molecule has 28 heavy (non-hydrogen) atoms. The lowest BCUT2D eigenvalue weighted by Crippen LogP contribution is -2.54. The highest BCUT2D eigenvalue weighted by atomic mass is 79.9. The standard InChI is InChI=1S/C23H31BrN2O2/c1-15-5-4-6-16(2)21(15)25-19(27)13-26(3)20(28)12-22-8-17-7-18(9-22)11-23(24,10-17)14-22/h4-6,17-18H,7-14H2,1-3H3,(H,25,27). The molecular formula is C23H31BrN2O2. The van der Waals surface area contributed by atoms with E-state index in [1.807, 2.05) is 32.0 Å². The molecular weight excluding hydrogens is 416 g/mol. The fraction of sp³-hybridized carbons (Fsp3) is 0.652. The van der Waals surface area contributed by atoms with E-state index in [0.717, 1.165) is 35.1 Å². The first-order valence-corrected chi connectivity index (χ1v) is 11.3. The van der Waals surface area contributed by atoms with E-state index in [1.54, 1.807) is 11.9 Å². The molecule has 4 aliphatic carbocycles. The highest BCUT2D eigenvalue weighted by Gasteiger charge is 2.57. The summed E-state index contributed by atoms with van der Waals surface area (Å²) in [6.45, 7) is 4.08. The van der Waals surface area contributed by atoms with Gasteiger partial charge in [-0.15, -0.1) is 0 Å². The Kier molecular flexibility index (Phi) is 5.09. The van der Waals surface area contributed by atoms with E-state index in [0.29, 0.717) is 6.42 Å². The first-order chi connectivity index (χ1) is 13.2. The molecule has 0 aliphatic heterocycles. The Morgan fingerprint density at radius 1 is 1.14 bits per heavy atom. The maximum absolute atomic E-state index is 13.0. The van der Waals surface area contributed by atoms with Gasteiger partial charge in [-0.05, 0) is 80.8 Å². The van der Waals surface area contributed by atoms with Crippen molar-refractivity contribution in [2.75, 3.05) is 18.9 Å². The van der Waals surface area contributed by atoms with E-state index in [9.17, 15) is 9.59 Å². The van der Waals surface area contributed by atoms with Crippen LogP contribution in [-0.2, 0) is 9.59 Å². The molecule has 2 amide bonds. The molecule has 2 unspecified atom stereocenters. The van der Waals surface area contributed by atoms with Crippen LogP contribution in [0.1, 0.15) is 56.1 Å². The SMILES string of the molecule is Cc1cccc(C)c1NC(=O)CN(C)C(=O)CC12CC3CC(CC(Br)(C3)C1)C2. The molecule has 1 aromatic carbocycles. The molecule has 5 heteroatoms. The van der Waals surface area contributed by atoms with Crippen molar-refractivity contribution in [2.45, 2.75) is 63.1 Å². The van der Waals surface area contributed by atoms with Gasteiger partial charge in [0.15, 0.2) is 0 Å². The van der Waals surface area contributed by atoms with Gasteiger partial charge in [-0.2, -0.15) is 0 Å². The van der Waals surface area contributed by atoms with Crippen LogP contribution in [0, 0.1) is 31.1 Å². The average Bonchev–Trinajstić information content (AvgIpc) is 2.55. The number of hydrogen-bond donors (Lipinski definition) is 1. The van der Waals surface area contributed by atoms with Crippen LogP contribution in [0.2, 0.25) is 0 Å². The lowest BCUT2D eigenvalue weighted by atomic mass is 9.48. The largest absolute Gasteiger partial charge is 0.336 e. The van der Waals surface area contributed by atoms with Gasteiger partial charge in [0.1, 0.15) is 0 Å². The second kappa shape index (κ2) is 7.16. The van der Waals surface area contributed by atoms with Crippen LogP contribution < -0.4 is 5.32 Å². The molecule has 0 heterocycles. The van der Waals surface area contributed by atoms with E-state index in [-0.39, 0.29) is 28.1 Å². The highest BCUT2D eigenvalue weighted by molar-refractivity contribution is 9.10. The number of carbonyl (C=O) groups excluding carboxylic acids is 2. The second-order valence-electron chi connectivity index (χ2n) is 9.85. The average molecular weight is 447 g/mol.